The van der Waals surface area contributed by atoms with Crippen LogP contribution in [0.2, 0.25) is 0 Å². The fourth-order valence-corrected chi connectivity index (χ4v) is 1.39. The number of carbonyl (C=O) groups excluding carboxylic acids is 1. The summed E-state index contributed by atoms with van der Waals surface area (Å²) < 4.78 is 5.52. The van der Waals surface area contributed by atoms with Gasteiger partial charge in [-0.3, -0.25) is 0 Å². The average molecular weight is 168 g/mol. The van der Waals surface area contributed by atoms with Crippen molar-refractivity contribution in [2.24, 2.45) is 0 Å². The summed E-state index contributed by atoms with van der Waals surface area (Å²) >= 11 is 0. The summed E-state index contributed by atoms with van der Waals surface area (Å²) in [5.41, 5.74) is 0. The molecule has 0 radical (unpaired) electrons. The number of allylic oxidation sites excluding steroid dienone is 1. The van der Waals surface area contributed by atoms with Crippen LogP contribution in [0.25, 0.3) is 0 Å². The van der Waals surface area contributed by atoms with E-state index < -0.39 is 0 Å². The van der Waals surface area contributed by atoms with Gasteiger partial charge in [-0.1, -0.05) is 12.2 Å². The molecule has 1 rings (SSSR count). The molecule has 1 fully saturated rings. The van der Waals surface area contributed by atoms with Crippen molar-refractivity contribution < 1.29 is 9.53 Å². The predicted octanol–water partition coefficient (Wildman–Crippen LogP) is 2.09. The molecule has 0 N–H and O–H groups in total. The third-order valence-electron chi connectivity index (χ3n) is 2.07. The fraction of sp³-hybridized carbons (Fsp3) is 0.700. The van der Waals surface area contributed by atoms with Gasteiger partial charge < -0.3 is 9.53 Å². The molecule has 2 heteroatoms. The number of rotatable bonds is 4. The highest BCUT2D eigenvalue weighted by Crippen LogP contribution is 2.15. The molecule has 1 unspecified atom stereocenters. The summed E-state index contributed by atoms with van der Waals surface area (Å²) in [6.07, 6.45) is 10.4. The van der Waals surface area contributed by atoms with Crippen molar-refractivity contribution in [2.45, 2.75) is 38.2 Å². The zero-order valence-corrected chi connectivity index (χ0v) is 7.37. The summed E-state index contributed by atoms with van der Waals surface area (Å²) in [6.45, 7) is 0.909. The predicted molar refractivity (Wildman–Crippen MR) is 48.0 cm³/mol. The van der Waals surface area contributed by atoms with E-state index in [0.29, 0.717) is 12.5 Å². The number of hydrogen-bond acceptors (Lipinski definition) is 2. The second-order valence-corrected chi connectivity index (χ2v) is 3.10. The molecule has 2 nitrogen and oxygen atoms in total. The molecule has 1 aliphatic rings. The Morgan fingerprint density at radius 2 is 2.25 bits per heavy atom. The largest absolute Gasteiger partial charge is 0.378 e. The molecule has 1 atom stereocenters. The first-order chi connectivity index (χ1) is 5.93. The zero-order chi connectivity index (χ0) is 8.65. The molecule has 1 heterocycles. The van der Waals surface area contributed by atoms with Gasteiger partial charge >= 0.3 is 0 Å². The van der Waals surface area contributed by atoms with Gasteiger partial charge in [0, 0.05) is 13.0 Å². The van der Waals surface area contributed by atoms with Crippen molar-refractivity contribution >= 4 is 6.29 Å². The SMILES string of the molecule is O=CC/C=C\CC1CCCCO1. The van der Waals surface area contributed by atoms with E-state index in [-0.39, 0.29) is 0 Å². The summed E-state index contributed by atoms with van der Waals surface area (Å²) in [6, 6.07) is 0. The van der Waals surface area contributed by atoms with Gasteiger partial charge in [0.25, 0.3) is 0 Å². The van der Waals surface area contributed by atoms with Gasteiger partial charge in [-0.05, 0) is 25.7 Å². The van der Waals surface area contributed by atoms with Crippen molar-refractivity contribution in [1.82, 2.24) is 0 Å². The summed E-state index contributed by atoms with van der Waals surface area (Å²) in [5.74, 6) is 0. The van der Waals surface area contributed by atoms with Crippen LogP contribution < -0.4 is 0 Å². The van der Waals surface area contributed by atoms with E-state index in [2.05, 4.69) is 0 Å². The zero-order valence-electron chi connectivity index (χ0n) is 7.37. The number of hydrogen-bond donors (Lipinski definition) is 0. The Labute approximate surface area is 73.6 Å². The number of carbonyl (C=O) groups is 1. The normalized spacial score (nSPS) is 24.5. The minimum Gasteiger partial charge on any atom is -0.378 e. The van der Waals surface area contributed by atoms with Crippen LogP contribution >= 0.6 is 0 Å². The summed E-state index contributed by atoms with van der Waals surface area (Å²) in [7, 11) is 0. The van der Waals surface area contributed by atoms with E-state index >= 15 is 0 Å². The highest BCUT2D eigenvalue weighted by molar-refractivity contribution is 5.51. The molecule has 0 aromatic carbocycles. The Bertz CT molecular complexity index is 146. The first-order valence-corrected chi connectivity index (χ1v) is 4.63. The first kappa shape index (κ1) is 9.46. The van der Waals surface area contributed by atoms with E-state index in [1.807, 2.05) is 12.2 Å². The van der Waals surface area contributed by atoms with E-state index in [1.54, 1.807) is 0 Å². The lowest BCUT2D eigenvalue weighted by atomic mass is 10.1. The Hall–Kier alpha value is -0.630. The Morgan fingerprint density at radius 1 is 1.33 bits per heavy atom. The first-order valence-electron chi connectivity index (χ1n) is 4.63. The Kier molecular flexibility index (Phi) is 4.69. The molecular formula is C10H16O2. The second kappa shape index (κ2) is 5.95. The monoisotopic (exact) mass is 168 g/mol. The maximum Gasteiger partial charge on any atom is 0.123 e. The highest BCUT2D eigenvalue weighted by atomic mass is 16.5. The van der Waals surface area contributed by atoms with Crippen molar-refractivity contribution in [2.75, 3.05) is 6.61 Å². The minimum atomic E-state index is 0.404. The lowest BCUT2D eigenvalue weighted by Gasteiger charge is -2.20. The van der Waals surface area contributed by atoms with Crippen LogP contribution in [-0.4, -0.2) is 19.0 Å². The van der Waals surface area contributed by atoms with E-state index in [0.717, 1.165) is 19.3 Å². The summed E-state index contributed by atoms with van der Waals surface area (Å²) in [5, 5.41) is 0. The van der Waals surface area contributed by atoms with Gasteiger partial charge in [0.1, 0.15) is 6.29 Å². The molecule has 0 amide bonds. The fourth-order valence-electron chi connectivity index (χ4n) is 1.39. The quantitative estimate of drug-likeness (QED) is 0.474. The Morgan fingerprint density at radius 3 is 2.92 bits per heavy atom. The topological polar surface area (TPSA) is 26.3 Å². The highest BCUT2D eigenvalue weighted by Gasteiger charge is 2.11. The molecule has 12 heavy (non-hydrogen) atoms. The maximum atomic E-state index is 9.97. The smallest absolute Gasteiger partial charge is 0.123 e. The molecule has 0 aliphatic carbocycles. The van der Waals surface area contributed by atoms with Gasteiger partial charge in [0.2, 0.25) is 0 Å². The van der Waals surface area contributed by atoms with Gasteiger partial charge in [0.05, 0.1) is 6.10 Å². The number of ether oxygens (including phenoxy) is 1. The number of aldehydes is 1. The molecule has 68 valence electrons. The summed E-state index contributed by atoms with van der Waals surface area (Å²) in [4.78, 5) is 9.97. The van der Waals surface area contributed by atoms with Crippen molar-refractivity contribution in [1.29, 1.82) is 0 Å². The molecule has 1 saturated heterocycles. The van der Waals surface area contributed by atoms with Crippen molar-refractivity contribution in [3.8, 4) is 0 Å². The molecule has 0 bridgehead atoms. The van der Waals surface area contributed by atoms with Crippen LogP contribution in [0.5, 0.6) is 0 Å². The standard InChI is InChI=1S/C10H16O2/c11-8-4-1-2-6-10-7-3-5-9-12-10/h1-2,8,10H,3-7,9H2/b2-1-. The van der Waals surface area contributed by atoms with Gasteiger partial charge in [0.15, 0.2) is 0 Å². The lowest BCUT2D eigenvalue weighted by molar-refractivity contribution is -0.107. The average Bonchev–Trinajstić information content (AvgIpc) is 2.14. The van der Waals surface area contributed by atoms with Crippen LogP contribution in [0.3, 0.4) is 0 Å². The van der Waals surface area contributed by atoms with E-state index in [9.17, 15) is 4.79 Å². The second-order valence-electron chi connectivity index (χ2n) is 3.10. The molecule has 0 saturated carbocycles. The Balaban J connectivity index is 2.08. The van der Waals surface area contributed by atoms with E-state index in [4.69, 9.17) is 4.74 Å². The van der Waals surface area contributed by atoms with Crippen molar-refractivity contribution in [3.63, 3.8) is 0 Å². The lowest BCUT2D eigenvalue weighted by Crippen LogP contribution is -2.17. The van der Waals surface area contributed by atoms with Gasteiger partial charge in [-0.15, -0.1) is 0 Å². The van der Waals surface area contributed by atoms with Crippen LogP contribution in [-0.2, 0) is 9.53 Å². The molecule has 0 aromatic rings. The van der Waals surface area contributed by atoms with Crippen LogP contribution in [0.4, 0.5) is 0 Å². The van der Waals surface area contributed by atoms with Gasteiger partial charge in [-0.2, -0.15) is 0 Å². The van der Waals surface area contributed by atoms with E-state index in [1.165, 1.54) is 19.3 Å². The molecule has 0 spiro atoms. The van der Waals surface area contributed by atoms with Crippen LogP contribution in [0.1, 0.15) is 32.1 Å². The third-order valence-corrected chi connectivity index (χ3v) is 2.07. The minimum absolute atomic E-state index is 0.404. The molecular weight excluding hydrogens is 152 g/mol. The van der Waals surface area contributed by atoms with Crippen molar-refractivity contribution in [3.05, 3.63) is 12.2 Å². The molecule has 1 aliphatic heterocycles. The van der Waals surface area contributed by atoms with Gasteiger partial charge in [-0.25, -0.2) is 0 Å². The maximum absolute atomic E-state index is 9.97. The van der Waals surface area contributed by atoms with Crippen LogP contribution in [0.15, 0.2) is 12.2 Å². The van der Waals surface area contributed by atoms with Crippen LogP contribution in [0, 0.1) is 0 Å². The molecule has 0 aromatic heterocycles. The third kappa shape index (κ3) is 3.67.